The van der Waals surface area contributed by atoms with E-state index in [-0.39, 0.29) is 38.2 Å². The zero-order valence-electron chi connectivity index (χ0n) is 23.5. The number of nitrogens with one attached hydrogen (secondary N) is 4. The molecule has 0 aliphatic rings. The number of benzene rings is 2. The van der Waals surface area contributed by atoms with E-state index in [2.05, 4.69) is 25.9 Å². The second kappa shape index (κ2) is 15.9. The average molecular weight is 595 g/mol. The van der Waals surface area contributed by atoms with E-state index in [4.69, 9.17) is 17.2 Å². The number of hydrogen-bond donors (Lipinski definition) is 9. The number of carbonyl (C=O) groups excluding carboxylic acids is 3. The summed E-state index contributed by atoms with van der Waals surface area (Å²) in [5.74, 6) is -3.56. The predicted molar refractivity (Wildman–Crippen MR) is 161 cm³/mol. The van der Waals surface area contributed by atoms with Crippen molar-refractivity contribution in [3.05, 3.63) is 71.9 Å². The molecule has 0 aliphatic heterocycles. The second-order valence-electron chi connectivity index (χ2n) is 10.0. The fraction of sp³-hybridized carbons (Fsp3) is 0.345. The average Bonchev–Trinajstić information content (AvgIpc) is 3.40. The number of aliphatic carboxylic acids is 1. The number of guanidine groups is 1. The topological polar surface area (TPSA) is 251 Å². The molecule has 4 atom stereocenters. The number of carbonyl (C=O) groups is 4. The van der Waals surface area contributed by atoms with E-state index in [1.807, 2.05) is 24.3 Å². The maximum Gasteiger partial charge on any atom is 0.326 e. The minimum atomic E-state index is -1.27. The smallest absolute Gasteiger partial charge is 0.326 e. The number of rotatable bonds is 16. The Labute approximate surface area is 248 Å². The van der Waals surface area contributed by atoms with Crippen LogP contribution in [0.3, 0.4) is 0 Å². The highest BCUT2D eigenvalue weighted by Crippen LogP contribution is 2.19. The molecule has 3 amide bonds. The van der Waals surface area contributed by atoms with Crippen LogP contribution in [0.5, 0.6) is 0 Å². The molecular formula is C29H38N8O6. The highest BCUT2D eigenvalue weighted by molar-refractivity contribution is 5.95. The Morgan fingerprint density at radius 2 is 1.44 bits per heavy atom. The Kier molecular flexibility index (Phi) is 12.0. The molecule has 1 heterocycles. The van der Waals surface area contributed by atoms with Crippen molar-refractivity contribution in [2.75, 3.05) is 13.2 Å². The number of carboxylic acid groups (broad SMARTS) is 1. The van der Waals surface area contributed by atoms with Crippen LogP contribution < -0.4 is 33.2 Å². The Bertz CT molecular complexity index is 1420. The zero-order chi connectivity index (χ0) is 31.4. The van der Waals surface area contributed by atoms with Gasteiger partial charge in [0.25, 0.3) is 0 Å². The van der Waals surface area contributed by atoms with Crippen molar-refractivity contribution in [3.8, 4) is 0 Å². The first-order chi connectivity index (χ1) is 20.6. The number of aliphatic imine (C=N–C) groups is 1. The number of aromatic nitrogens is 1. The molecule has 14 heteroatoms. The van der Waals surface area contributed by atoms with Crippen LogP contribution in [0.15, 0.2) is 65.8 Å². The van der Waals surface area contributed by atoms with Crippen molar-refractivity contribution in [2.24, 2.45) is 22.2 Å². The van der Waals surface area contributed by atoms with E-state index in [0.29, 0.717) is 5.56 Å². The fourth-order valence-electron chi connectivity index (χ4n) is 4.46. The third-order valence-corrected chi connectivity index (χ3v) is 6.74. The molecule has 0 spiro atoms. The molecule has 0 saturated carbocycles. The number of nitrogens with two attached hydrogens (primary N) is 3. The summed E-state index contributed by atoms with van der Waals surface area (Å²) in [7, 11) is 0. The van der Waals surface area contributed by atoms with Crippen LogP contribution in [0, 0.1) is 0 Å². The first-order valence-corrected chi connectivity index (χ1v) is 13.7. The molecule has 3 rings (SSSR count). The van der Waals surface area contributed by atoms with Gasteiger partial charge in [-0.1, -0.05) is 48.5 Å². The van der Waals surface area contributed by atoms with Gasteiger partial charge in [0, 0.05) is 36.5 Å². The van der Waals surface area contributed by atoms with Crippen molar-refractivity contribution in [3.63, 3.8) is 0 Å². The third kappa shape index (κ3) is 9.83. The second-order valence-corrected chi connectivity index (χ2v) is 10.0. The van der Waals surface area contributed by atoms with Crippen LogP contribution in [0.2, 0.25) is 0 Å². The maximum absolute atomic E-state index is 13.7. The Hall–Kier alpha value is -4.95. The van der Waals surface area contributed by atoms with Crippen LogP contribution in [0.4, 0.5) is 0 Å². The van der Waals surface area contributed by atoms with Crippen LogP contribution in [0.25, 0.3) is 10.9 Å². The largest absolute Gasteiger partial charge is 0.480 e. The van der Waals surface area contributed by atoms with Crippen molar-refractivity contribution in [1.29, 1.82) is 0 Å². The van der Waals surface area contributed by atoms with Gasteiger partial charge < -0.3 is 48.3 Å². The standard InChI is InChI=1S/C29H38N8O6/c30-20(16-38)25(39)36-24(14-18-15-34-21-10-5-4-9-19(18)21)27(41)37-23(13-17-7-2-1-3-8-17)26(40)35-22(28(42)43)11-6-12-33-29(31)32/h1-5,7-10,15,20,22-24,34,38H,6,11-14,16,30H2,(H,35,40)(H,36,39)(H,37,41)(H,42,43)(H4,31,32,33)/t20-,22-,23-,24-/m0/s1. The number of nitrogens with zero attached hydrogens (tertiary/aromatic N) is 1. The van der Waals surface area contributed by atoms with Gasteiger partial charge >= 0.3 is 5.97 Å². The van der Waals surface area contributed by atoms with Crippen LogP contribution in [-0.4, -0.2) is 82.2 Å². The SMILES string of the molecule is NC(N)=NCCC[C@H](NC(=O)[C@H](Cc1ccccc1)NC(=O)[C@H](Cc1c[nH]c2ccccc12)NC(=O)[C@@H](N)CO)C(=O)O. The molecule has 0 saturated heterocycles. The number of fused-ring (bicyclic) bond motifs is 1. The summed E-state index contributed by atoms with van der Waals surface area (Å²) in [6.07, 6.45) is 2.14. The zero-order valence-corrected chi connectivity index (χ0v) is 23.5. The van der Waals surface area contributed by atoms with E-state index in [1.165, 1.54) is 0 Å². The van der Waals surface area contributed by atoms with Gasteiger partial charge in [0.15, 0.2) is 5.96 Å². The summed E-state index contributed by atoms with van der Waals surface area (Å²) >= 11 is 0. The molecule has 14 nitrogen and oxygen atoms in total. The molecule has 3 aromatic rings. The van der Waals surface area contributed by atoms with Gasteiger partial charge in [0.2, 0.25) is 17.7 Å². The first kappa shape index (κ1) is 32.6. The number of H-pyrrole nitrogens is 1. The minimum Gasteiger partial charge on any atom is -0.480 e. The first-order valence-electron chi connectivity index (χ1n) is 13.7. The van der Waals surface area contributed by atoms with Crippen molar-refractivity contribution < 1.29 is 29.4 Å². The summed E-state index contributed by atoms with van der Waals surface area (Å²) in [5, 5.41) is 27.7. The van der Waals surface area contributed by atoms with E-state index in [1.54, 1.807) is 36.5 Å². The maximum atomic E-state index is 13.7. The molecule has 0 unspecified atom stereocenters. The van der Waals surface area contributed by atoms with Gasteiger partial charge in [0.1, 0.15) is 24.2 Å². The lowest BCUT2D eigenvalue weighted by Gasteiger charge is -2.25. The third-order valence-electron chi connectivity index (χ3n) is 6.74. The van der Waals surface area contributed by atoms with Gasteiger partial charge in [-0.25, -0.2) is 4.79 Å². The summed E-state index contributed by atoms with van der Waals surface area (Å²) in [6, 6.07) is 11.4. The normalized spacial score (nSPS) is 13.7. The Morgan fingerprint density at radius 1 is 0.837 bits per heavy atom. The van der Waals surface area contributed by atoms with Crippen LogP contribution >= 0.6 is 0 Å². The van der Waals surface area contributed by atoms with E-state index in [9.17, 15) is 29.4 Å². The lowest BCUT2D eigenvalue weighted by Crippen LogP contribution is -2.58. The summed E-state index contributed by atoms with van der Waals surface area (Å²) in [4.78, 5) is 58.6. The quantitative estimate of drug-likeness (QED) is 0.0551. The summed E-state index contributed by atoms with van der Waals surface area (Å²) in [6.45, 7) is -0.455. The van der Waals surface area contributed by atoms with E-state index >= 15 is 0 Å². The molecule has 0 fully saturated rings. The van der Waals surface area contributed by atoms with Gasteiger partial charge in [-0.05, 0) is 30.0 Å². The lowest BCUT2D eigenvalue weighted by atomic mass is 10.0. The molecule has 1 aromatic heterocycles. The van der Waals surface area contributed by atoms with Gasteiger partial charge in [-0.2, -0.15) is 0 Å². The van der Waals surface area contributed by atoms with Gasteiger partial charge in [0.05, 0.1) is 6.61 Å². The number of aromatic amines is 1. The predicted octanol–water partition coefficient (Wildman–Crippen LogP) is -1.13. The monoisotopic (exact) mass is 594 g/mol. The molecule has 12 N–H and O–H groups in total. The van der Waals surface area contributed by atoms with Gasteiger partial charge in [-0.15, -0.1) is 0 Å². The summed E-state index contributed by atoms with van der Waals surface area (Å²) < 4.78 is 0. The molecular weight excluding hydrogens is 556 g/mol. The van der Waals surface area contributed by atoms with Crippen LogP contribution in [-0.2, 0) is 32.0 Å². The fourth-order valence-corrected chi connectivity index (χ4v) is 4.46. The molecule has 0 bridgehead atoms. The molecule has 2 aromatic carbocycles. The Balaban J connectivity index is 1.84. The van der Waals surface area contributed by atoms with E-state index in [0.717, 1.165) is 16.5 Å². The number of para-hydroxylation sites is 1. The van der Waals surface area contributed by atoms with Crippen LogP contribution in [0.1, 0.15) is 24.0 Å². The highest BCUT2D eigenvalue weighted by atomic mass is 16.4. The number of aliphatic hydroxyl groups is 1. The number of amides is 3. The lowest BCUT2D eigenvalue weighted by molar-refractivity contribution is -0.142. The molecule has 0 radical (unpaired) electrons. The van der Waals surface area contributed by atoms with Crippen molar-refractivity contribution >= 4 is 40.6 Å². The molecule has 0 aliphatic carbocycles. The van der Waals surface area contributed by atoms with Crippen molar-refractivity contribution in [1.82, 2.24) is 20.9 Å². The van der Waals surface area contributed by atoms with Gasteiger partial charge in [-0.3, -0.25) is 19.4 Å². The van der Waals surface area contributed by atoms with Crippen molar-refractivity contribution in [2.45, 2.75) is 49.9 Å². The van der Waals surface area contributed by atoms with E-state index < -0.39 is 54.5 Å². The number of aliphatic hydroxyl groups excluding tert-OH is 1. The summed E-state index contributed by atoms with van der Waals surface area (Å²) in [5.41, 5.74) is 18.6. The highest BCUT2D eigenvalue weighted by Gasteiger charge is 2.31. The number of hydrogen-bond acceptors (Lipinski definition) is 7. The molecule has 230 valence electrons. The minimum absolute atomic E-state index is 0.0436. The number of carboxylic acids is 1. The Morgan fingerprint density at radius 3 is 2.09 bits per heavy atom. The molecule has 43 heavy (non-hydrogen) atoms.